The average Bonchev–Trinajstić information content (AvgIpc) is 3.01. The Labute approximate surface area is 2340 Å². The summed E-state index contributed by atoms with van der Waals surface area (Å²) in [6, 6.07) is 6.09. The Kier molecular flexibility index (Phi) is 1190. The second-order valence-electron chi connectivity index (χ2n) is 10.2. The second-order valence-corrected chi connectivity index (χ2v) is 10.2. The number of hydrogen-bond acceptors (Lipinski definition) is 12. The Morgan fingerprint density at radius 3 is 0.553 bits per heavy atom. The number of carbonyl (C=O) groups excluding carboxylic acids is 3. The molecule has 4 aliphatic heterocycles. The summed E-state index contributed by atoms with van der Waals surface area (Å²) in [4.78, 5) is 61.4. The molecular weight excluding hydrogens is 6520 g/mol. The summed E-state index contributed by atoms with van der Waals surface area (Å²) in [7, 11) is 0. The van der Waals surface area contributed by atoms with Crippen LogP contribution in [0, 0.1) is 17.5 Å². The van der Waals surface area contributed by atoms with Crippen molar-refractivity contribution in [1.82, 2.24) is 19.6 Å². The fraction of sp³-hybridized carbons (Fsp3) is 0.207. The van der Waals surface area contributed by atoms with Crippen LogP contribution in [0.2, 0.25) is 0 Å². The smallest absolute Gasteiger partial charge is 0.335 e. The van der Waals surface area contributed by atoms with Gasteiger partial charge in [-0.3, -0.25) is 29.2 Å². The van der Waals surface area contributed by atoms with E-state index in [1.807, 2.05) is 0 Å². The zero-order chi connectivity index (χ0) is 35.0. The molecule has 3 aromatic rings. The molecule has 4 aliphatic rings. The molecule has 4 saturated heterocycles. The molecule has 0 aromatic heterocycles. The second kappa shape index (κ2) is 312. The number of rotatable bonds is 5. The zero-order valence-corrected chi connectivity index (χ0v) is 250. The number of hydrogen-bond donors (Lipinski definition) is 5. The van der Waals surface area contributed by atoms with Gasteiger partial charge in [-0.15, -0.1) is 0 Å². The largest absolute Gasteiger partial charge is 0.693 e. The summed E-state index contributed by atoms with van der Waals surface area (Å²) < 4.78 is 37.9. The summed E-state index contributed by atoms with van der Waals surface area (Å²) in [5.41, 5.74) is 5.12. The van der Waals surface area contributed by atoms with Crippen LogP contribution in [0.1, 0.15) is 51.8 Å². The number of nitrogens with one attached hydrogen (secondary N) is 1. The Balaban J connectivity index is -0.00000000373. The number of halogens is 3. The van der Waals surface area contributed by atoms with E-state index in [2.05, 4.69) is 19.6 Å². The van der Waals surface area contributed by atoms with Crippen LogP contribution in [0.3, 0.4) is 0 Å². The van der Waals surface area contributed by atoms with Crippen molar-refractivity contribution in [2.24, 2.45) is 0 Å². The topological polar surface area (TPSA) is 257 Å². The van der Waals surface area contributed by atoms with E-state index in [0.717, 1.165) is 30.3 Å². The van der Waals surface area contributed by atoms with Gasteiger partial charge in [0.05, 0.1) is 68.2 Å². The first kappa shape index (κ1) is 436. The quantitative estimate of drug-likeness (QED) is 0.230. The summed E-state index contributed by atoms with van der Waals surface area (Å²) in [6.07, 6.45) is 0.399. The number of aromatic carboxylic acids is 2. The molecule has 8 N–H and O–H groups in total. The molecule has 0 saturated carbocycles. The van der Waals surface area contributed by atoms with Gasteiger partial charge in [-0.25, -0.2) is 22.8 Å². The number of phenolic OH excluding ortho intramolecular Hbond substituents is 3. The fourth-order valence-corrected chi connectivity index (χ4v) is 4.55. The van der Waals surface area contributed by atoms with Crippen LogP contribution in [0.5, 0.6) is 17.2 Å². The average molecular weight is 6550 g/mol. The van der Waals surface area contributed by atoms with Gasteiger partial charge >= 0.3 is 11.9 Å². The molecule has 1 amide bonds. The first-order chi connectivity index (χ1) is 22.1. The van der Waals surface area contributed by atoms with E-state index in [-0.39, 0.29) is 2210 Å². The van der Waals surface area contributed by atoms with Crippen LogP contribution >= 0.6 is 0 Å². The van der Waals surface area contributed by atoms with Crippen LogP contribution < -0.4 is 0 Å². The van der Waals surface area contributed by atoms with Crippen molar-refractivity contribution in [3.05, 3.63) is 99.6 Å². The zero-order valence-electron chi connectivity index (χ0n) is 62.8. The van der Waals surface area contributed by atoms with Crippen molar-refractivity contribution in [2.75, 3.05) is 40.0 Å². The molecule has 0 aliphatic carbocycles. The molecule has 4 fully saturated rings. The molecule has 4 bridgehead atoms. The number of carboxylic acids is 2. The molecule has 16 nitrogen and oxygen atoms in total. The van der Waals surface area contributed by atoms with Crippen LogP contribution in [0.25, 0.3) is 11.9 Å². The van der Waals surface area contributed by atoms with Gasteiger partial charge in [0.25, 0.3) is 0 Å². The van der Waals surface area contributed by atoms with E-state index in [1.54, 1.807) is 0 Å². The van der Waals surface area contributed by atoms with Crippen molar-refractivity contribution in [1.29, 1.82) is 0 Å². The maximum Gasteiger partial charge on any atom is 0.335 e. The number of amides is 1. The monoisotopic (exact) mass is 6550 g/mol. The SMILES string of the molecule is C1N2CN3CN1CN(C2)C3.O=C(O)c1ccc(O)c(F)c1.O=Cc1cc(C(=O)O)cc(F)c1O.[NH-]C(=O)c1cc(F)c(O)c(C=O)c1.[NH2-].[Y].[Y].[Y].[Y].[Y].[Y].[Y].[Y].[Y].[Y].[Y].[Y].[Y].[Y].[Y].[Y].[Y].[Y].[Y].[Y].[Y].[Y].[Y].[Y].[Y].[Y].[Y].[Y].[Y].[Y].[Y].[Y].[Y].[Y].[Y].[Y].[Y].[Y].[Y].[Y].[Y].[Y].[Y].[Y].[Y].[Y].[Y].[Y].[Y].[Y].[Y].[Y].[Y].[Y].[Y].[Y].[Y].[Y].[Y].[Y].[Y].[Y].[Y].[Y].[Y].[Y]. The molecule has 0 unspecified atom stereocenters. The number of phenols is 3. The summed E-state index contributed by atoms with van der Waals surface area (Å²) in [5.74, 6) is -9.00. The summed E-state index contributed by atoms with van der Waals surface area (Å²) in [5, 5.41) is 43.3. The summed E-state index contributed by atoms with van der Waals surface area (Å²) >= 11 is 0. The van der Waals surface area contributed by atoms with Gasteiger partial charge in [-0.05, 0) is 42.5 Å². The third-order valence-corrected chi connectivity index (χ3v) is 6.54. The molecule has 3 aromatic carbocycles. The van der Waals surface area contributed by atoms with E-state index >= 15 is 0 Å². The van der Waals surface area contributed by atoms with E-state index in [0.29, 0.717) is 12.1 Å². The molecular formula is C29H29F3N6O10Y66-2. The molecule has 0 spiro atoms. The molecule has 66 radical (unpaired) electrons. The normalized spacial score (nSPS) is 8.17. The third kappa shape index (κ3) is 246. The maximum atomic E-state index is 12.7. The predicted octanol–water partition coefficient (Wildman–Crippen LogP) is 3.34. The summed E-state index contributed by atoms with van der Waals surface area (Å²) in [6.45, 7) is 7.12. The molecule has 114 heavy (non-hydrogen) atoms. The van der Waals surface area contributed by atoms with Gasteiger partial charge in [0.2, 0.25) is 0 Å². The van der Waals surface area contributed by atoms with E-state index < -0.39 is 52.5 Å². The number of carbonyl (C=O) groups is 5. The van der Waals surface area contributed by atoms with Gasteiger partial charge in [0.1, 0.15) is 0 Å². The van der Waals surface area contributed by atoms with Crippen molar-refractivity contribution in [2.45, 2.75) is 0 Å². The van der Waals surface area contributed by atoms with Crippen LogP contribution in [-0.2, 0) is 2160 Å². The minimum atomic E-state index is -1.36. The van der Waals surface area contributed by atoms with Gasteiger partial charge in [0, 0.05) is 2160 Å². The molecule has 4 heterocycles. The van der Waals surface area contributed by atoms with E-state index in [4.69, 9.17) is 31.3 Å². The fourth-order valence-electron chi connectivity index (χ4n) is 4.55. The number of nitrogens with two attached hydrogens (primary N) is 1. The first-order valence-corrected chi connectivity index (χ1v) is 13.2. The van der Waals surface area contributed by atoms with E-state index in [9.17, 15) is 37.1 Å². The molecule has 85 heteroatoms. The van der Waals surface area contributed by atoms with Gasteiger partial charge in [0.15, 0.2) is 47.3 Å². The standard InChI is InChI=1S/C8H6FNO3.C8H5FO4.C7H5FO3.C6H12N4.H2N.66Y/c9-6-2-4(8(10)13)1-5(3-11)7(6)12;9-6-2-4(8(12)13)1-5(3-10)7(6)11;8-5-3-4(7(10)11)1-2-6(5)9;1-7-2-9-4-8(1)5-10(3-7)6-9;;;;;;;;;;;;;;;;;;;;;;;;;;;;;;;;;;;;;;;;;;;;;;;;;;;;;;;;;;;;;;;;;;;/h1-3H,(H3,10,11,12,13);1-3,11H,(H,12,13);1-3,9H,(H,10,11);1-6H2;1H2;;;;;;;;;;;;;;;;;;;;;;;;;;;;;;;;;;;;;;;;;;;;;;;;;;;;;;;;;;;;;;;;;;/q;;;;-1;;;;;;;;;;;;;;;;;;;;;;;;;;;;;;;;;;;;;;;;;;;;;;;;;;;;;;;;;;;;;;;;;;/p-1. The minimum Gasteiger partial charge on any atom is -0.693 e. The Bertz CT molecular complexity index is 1680. The number of benzene rings is 3. The Morgan fingerprint density at radius 2 is 0.412 bits per heavy atom. The maximum absolute atomic E-state index is 12.7. The number of nitrogens with zero attached hydrogens (tertiary/aromatic N) is 4. The predicted molar refractivity (Wildman–Crippen MR) is 159 cm³/mol. The van der Waals surface area contributed by atoms with Crippen molar-refractivity contribution < 1.29 is 2220 Å². The molecule has 7 rings (SSSR count). The van der Waals surface area contributed by atoms with Crippen LogP contribution in [0.4, 0.5) is 13.2 Å². The number of carboxylic acid groups (broad SMARTS) is 2. The number of aldehydes is 2. The van der Waals surface area contributed by atoms with Gasteiger partial charge < -0.3 is 42.2 Å². The minimum absolute atomic E-state index is 0. The van der Waals surface area contributed by atoms with Gasteiger partial charge in [-0.1, -0.05) is 0 Å². The molecule has 0 atom stereocenters. The van der Waals surface area contributed by atoms with E-state index in [1.165, 1.54) is 40.0 Å². The van der Waals surface area contributed by atoms with Crippen molar-refractivity contribution in [3.8, 4) is 17.2 Å². The Hall–Kier alpha value is 67.3. The Morgan fingerprint density at radius 1 is 0.263 bits per heavy atom. The van der Waals surface area contributed by atoms with Crippen molar-refractivity contribution >= 4 is 30.4 Å². The van der Waals surface area contributed by atoms with Gasteiger partial charge in [-0.2, -0.15) is 0 Å². The molecule has 456 valence electrons. The number of aromatic hydroxyl groups is 3. The first-order valence-electron chi connectivity index (χ1n) is 13.2. The van der Waals surface area contributed by atoms with Crippen molar-refractivity contribution in [3.63, 3.8) is 0 Å². The van der Waals surface area contributed by atoms with Crippen LogP contribution in [-0.4, -0.2) is 116 Å². The van der Waals surface area contributed by atoms with Crippen LogP contribution in [0.15, 0.2) is 42.5 Å². The third-order valence-electron chi connectivity index (χ3n) is 6.54.